The first-order valence-electron chi connectivity index (χ1n) is 9.37. The summed E-state index contributed by atoms with van der Waals surface area (Å²) in [7, 11) is 1.70. The average molecular weight is 360 g/mol. The molecule has 1 aliphatic heterocycles. The summed E-state index contributed by atoms with van der Waals surface area (Å²) in [6.45, 7) is 3.55. The van der Waals surface area contributed by atoms with Gasteiger partial charge in [0.15, 0.2) is 5.78 Å². The average Bonchev–Trinajstić information content (AvgIpc) is 3.07. The number of methoxy groups -OCH3 is 1. The second kappa shape index (κ2) is 7.03. The molecule has 4 rings (SSSR count). The normalized spacial score (nSPS) is 21.4. The summed E-state index contributed by atoms with van der Waals surface area (Å²) in [6, 6.07) is 16.8. The van der Waals surface area contributed by atoms with Gasteiger partial charge in [0, 0.05) is 23.3 Å². The summed E-state index contributed by atoms with van der Waals surface area (Å²) in [5.74, 6) is 1.23. The van der Waals surface area contributed by atoms with Crippen LogP contribution in [0.5, 0.6) is 5.75 Å². The van der Waals surface area contributed by atoms with E-state index in [1.54, 1.807) is 20.1 Å². The third kappa shape index (κ3) is 3.16. The number of hydrogen-bond acceptors (Lipinski definition) is 4. The summed E-state index contributed by atoms with van der Waals surface area (Å²) < 4.78 is 5.39. The molecule has 2 atom stereocenters. The number of rotatable bonds is 4. The van der Waals surface area contributed by atoms with Crippen LogP contribution in [0, 0.1) is 5.92 Å². The fraction of sp³-hybridized carbons (Fsp3) is 0.304. The van der Waals surface area contributed by atoms with Crippen molar-refractivity contribution in [2.75, 3.05) is 7.11 Å². The van der Waals surface area contributed by atoms with Gasteiger partial charge in [-0.2, -0.15) is 5.10 Å². The lowest BCUT2D eigenvalue weighted by Gasteiger charge is -2.31. The first kappa shape index (κ1) is 17.5. The minimum atomic E-state index is 0.0412. The Labute approximate surface area is 160 Å². The number of hydrogen-bond donors (Lipinski definition) is 0. The maximum atomic E-state index is 11.7. The highest BCUT2D eigenvalue weighted by atomic mass is 16.5. The van der Waals surface area contributed by atoms with Crippen molar-refractivity contribution in [2.45, 2.75) is 32.7 Å². The molecule has 2 aromatic carbocycles. The number of ketones is 1. The van der Waals surface area contributed by atoms with Gasteiger partial charge >= 0.3 is 0 Å². The first-order chi connectivity index (χ1) is 13.1. The second-order valence-electron chi connectivity index (χ2n) is 7.25. The van der Waals surface area contributed by atoms with E-state index in [0.29, 0.717) is 5.92 Å². The quantitative estimate of drug-likeness (QED) is 0.753. The molecule has 138 valence electrons. The molecule has 4 heteroatoms. The lowest BCUT2D eigenvalue weighted by molar-refractivity contribution is -0.112. The Morgan fingerprint density at radius 3 is 2.67 bits per heavy atom. The smallest absolute Gasteiger partial charge is 0.154 e. The highest BCUT2D eigenvalue weighted by molar-refractivity contribution is 6.06. The lowest BCUT2D eigenvalue weighted by Crippen LogP contribution is -2.28. The van der Waals surface area contributed by atoms with Crippen LogP contribution < -0.4 is 4.74 Å². The molecular weight excluding hydrogens is 336 g/mol. The molecule has 0 bridgehead atoms. The largest absolute Gasteiger partial charge is 0.497 e. The van der Waals surface area contributed by atoms with E-state index in [-0.39, 0.29) is 11.8 Å². The number of benzene rings is 2. The topological polar surface area (TPSA) is 41.9 Å². The third-order valence-corrected chi connectivity index (χ3v) is 5.44. The van der Waals surface area contributed by atoms with E-state index in [4.69, 9.17) is 9.84 Å². The molecule has 2 aliphatic rings. The Balaban J connectivity index is 1.81. The molecule has 0 radical (unpaired) electrons. The molecule has 4 nitrogen and oxygen atoms in total. The number of carbonyl (C=O) groups excluding carboxylic acids is 1. The van der Waals surface area contributed by atoms with E-state index in [9.17, 15) is 4.79 Å². The van der Waals surface area contributed by atoms with Crippen LogP contribution in [-0.2, 0) is 11.2 Å². The van der Waals surface area contributed by atoms with Gasteiger partial charge < -0.3 is 4.74 Å². The molecule has 1 aliphatic carbocycles. The number of ether oxygens (including phenoxy) is 1. The van der Waals surface area contributed by atoms with Gasteiger partial charge in [-0.15, -0.1) is 0 Å². The maximum Gasteiger partial charge on any atom is 0.154 e. The zero-order valence-electron chi connectivity index (χ0n) is 16.0. The number of carbonyl (C=O) groups is 1. The molecule has 2 aromatic rings. The fourth-order valence-electron chi connectivity index (χ4n) is 4.27. The van der Waals surface area contributed by atoms with Crippen LogP contribution in [0.25, 0.3) is 0 Å². The van der Waals surface area contributed by atoms with Crippen molar-refractivity contribution in [2.24, 2.45) is 11.0 Å². The summed E-state index contributed by atoms with van der Waals surface area (Å²) >= 11 is 0. The minimum Gasteiger partial charge on any atom is -0.497 e. The van der Waals surface area contributed by atoms with Gasteiger partial charge in [-0.25, -0.2) is 0 Å². The minimum absolute atomic E-state index is 0.0412. The molecule has 0 N–H and O–H groups in total. The van der Waals surface area contributed by atoms with E-state index in [0.717, 1.165) is 30.0 Å². The van der Waals surface area contributed by atoms with Gasteiger partial charge in [-0.05, 0) is 56.0 Å². The number of hydrazone groups is 1. The standard InChI is InChI=1S/C23H24N2O2/c1-15(13-16(2)26)25-23(17-7-5-4-6-8-17)21-11-9-18-14-19(27-3)10-12-20(18)22(21)24-25/h4-8,10,12-14,21,23H,9,11H2,1-3H3/b15-13+/t21-,23+/m0/s1. The van der Waals surface area contributed by atoms with Gasteiger partial charge in [0.2, 0.25) is 0 Å². The van der Waals surface area contributed by atoms with E-state index in [2.05, 4.69) is 36.4 Å². The van der Waals surface area contributed by atoms with Crippen LogP contribution in [0.2, 0.25) is 0 Å². The zero-order valence-corrected chi connectivity index (χ0v) is 16.0. The number of allylic oxidation sites excluding steroid dienone is 2. The van der Waals surface area contributed by atoms with E-state index < -0.39 is 0 Å². The Bertz CT molecular complexity index is 931. The van der Waals surface area contributed by atoms with Gasteiger partial charge in [0.05, 0.1) is 18.9 Å². The monoisotopic (exact) mass is 360 g/mol. The Kier molecular flexibility index (Phi) is 4.56. The van der Waals surface area contributed by atoms with Crippen LogP contribution in [-0.4, -0.2) is 23.6 Å². The summed E-state index contributed by atoms with van der Waals surface area (Å²) in [6.07, 6.45) is 3.71. The van der Waals surface area contributed by atoms with Crippen LogP contribution in [0.1, 0.15) is 43.0 Å². The van der Waals surface area contributed by atoms with Crippen molar-refractivity contribution in [3.63, 3.8) is 0 Å². The SMILES string of the molecule is COc1ccc2c(c1)CC[C@H]1C2=NN(/C(C)=C/C(C)=O)[C@@H]1c1ccccc1. The molecule has 0 saturated carbocycles. The van der Waals surface area contributed by atoms with Crippen molar-refractivity contribution in [1.29, 1.82) is 0 Å². The van der Waals surface area contributed by atoms with Crippen LogP contribution in [0.3, 0.4) is 0 Å². The highest BCUT2D eigenvalue weighted by Gasteiger charge is 2.42. The van der Waals surface area contributed by atoms with Crippen LogP contribution in [0.4, 0.5) is 0 Å². The summed E-state index contributed by atoms with van der Waals surface area (Å²) in [5.41, 5.74) is 5.71. The van der Waals surface area contributed by atoms with Crippen molar-refractivity contribution >= 4 is 11.5 Å². The third-order valence-electron chi connectivity index (χ3n) is 5.44. The van der Waals surface area contributed by atoms with Gasteiger partial charge in [0.25, 0.3) is 0 Å². The Hall–Kier alpha value is -2.88. The molecular formula is C23H24N2O2. The fourth-order valence-corrected chi connectivity index (χ4v) is 4.27. The van der Waals surface area contributed by atoms with Gasteiger partial charge in [-0.1, -0.05) is 30.3 Å². The molecule has 0 saturated heterocycles. The number of fused-ring (bicyclic) bond motifs is 3. The van der Waals surface area contributed by atoms with Crippen molar-refractivity contribution in [3.8, 4) is 5.75 Å². The van der Waals surface area contributed by atoms with Crippen molar-refractivity contribution in [1.82, 2.24) is 5.01 Å². The predicted octanol–water partition coefficient (Wildman–Crippen LogP) is 4.51. The Morgan fingerprint density at radius 1 is 1.19 bits per heavy atom. The van der Waals surface area contributed by atoms with Crippen LogP contribution >= 0.6 is 0 Å². The van der Waals surface area contributed by atoms with E-state index >= 15 is 0 Å². The molecule has 0 fully saturated rings. The Morgan fingerprint density at radius 2 is 1.96 bits per heavy atom. The molecule has 0 amide bonds. The maximum absolute atomic E-state index is 11.7. The van der Waals surface area contributed by atoms with Crippen molar-refractivity contribution in [3.05, 3.63) is 77.0 Å². The van der Waals surface area contributed by atoms with E-state index in [1.807, 2.05) is 24.1 Å². The molecule has 0 spiro atoms. The summed E-state index contributed by atoms with van der Waals surface area (Å²) in [4.78, 5) is 11.7. The lowest BCUT2D eigenvalue weighted by atomic mass is 9.77. The molecule has 0 aromatic heterocycles. The number of nitrogens with zero attached hydrogens (tertiary/aromatic N) is 2. The van der Waals surface area contributed by atoms with Crippen molar-refractivity contribution < 1.29 is 9.53 Å². The molecule has 0 unspecified atom stereocenters. The van der Waals surface area contributed by atoms with Gasteiger partial charge in [-0.3, -0.25) is 9.80 Å². The van der Waals surface area contributed by atoms with Gasteiger partial charge in [0.1, 0.15) is 5.75 Å². The predicted molar refractivity (Wildman–Crippen MR) is 107 cm³/mol. The summed E-state index contributed by atoms with van der Waals surface area (Å²) in [5, 5.41) is 7.04. The zero-order chi connectivity index (χ0) is 19.0. The molecule has 27 heavy (non-hydrogen) atoms. The van der Waals surface area contributed by atoms with E-state index in [1.165, 1.54) is 16.7 Å². The first-order valence-corrected chi connectivity index (χ1v) is 9.37. The number of aryl methyl sites for hydroxylation is 1. The second-order valence-corrected chi connectivity index (χ2v) is 7.25. The molecule has 1 heterocycles. The highest BCUT2D eigenvalue weighted by Crippen LogP contribution is 2.45. The van der Waals surface area contributed by atoms with Crippen LogP contribution in [0.15, 0.2) is 65.4 Å².